The summed E-state index contributed by atoms with van der Waals surface area (Å²) in [6, 6.07) is 15.4. The molecule has 0 saturated heterocycles. The van der Waals surface area contributed by atoms with E-state index in [9.17, 15) is 4.79 Å². The lowest BCUT2D eigenvalue weighted by molar-refractivity contribution is 0.0951. The minimum Gasteiger partial charge on any atom is -0.380 e. The highest BCUT2D eigenvalue weighted by molar-refractivity contribution is 9.10. The van der Waals surface area contributed by atoms with Crippen LogP contribution in [0.2, 0.25) is 0 Å². The standard InChI is InChI=1S/C21H18BrN5OS/c22-17-4-6-19(7-5-17)27-13-15(10-26-27)9-25-21(28)16-2-1-3-18(8-16)24-12-20-11-23-14-29-20/h1-8,10-11,13-14,24H,9,12H2,(H,25,28). The number of amides is 1. The van der Waals surface area contributed by atoms with Gasteiger partial charge in [-0.25, -0.2) is 4.68 Å². The Labute approximate surface area is 180 Å². The van der Waals surface area contributed by atoms with Crippen LogP contribution in [0.4, 0.5) is 5.69 Å². The van der Waals surface area contributed by atoms with Crippen molar-refractivity contribution in [2.75, 3.05) is 5.32 Å². The average molecular weight is 468 g/mol. The Kier molecular flexibility index (Phi) is 6.02. The highest BCUT2D eigenvalue weighted by Gasteiger charge is 2.08. The predicted molar refractivity (Wildman–Crippen MR) is 118 cm³/mol. The number of hydrogen-bond acceptors (Lipinski definition) is 5. The number of thiazole rings is 1. The van der Waals surface area contributed by atoms with Gasteiger partial charge in [0.05, 0.1) is 23.9 Å². The second-order valence-electron chi connectivity index (χ2n) is 6.35. The van der Waals surface area contributed by atoms with Gasteiger partial charge >= 0.3 is 0 Å². The average Bonchev–Trinajstić information content (AvgIpc) is 3.43. The van der Waals surface area contributed by atoms with Crippen molar-refractivity contribution < 1.29 is 4.79 Å². The molecule has 4 aromatic rings. The van der Waals surface area contributed by atoms with Crippen molar-refractivity contribution in [3.8, 4) is 5.69 Å². The minimum absolute atomic E-state index is 0.122. The van der Waals surface area contributed by atoms with E-state index in [-0.39, 0.29) is 5.91 Å². The van der Waals surface area contributed by atoms with Crippen LogP contribution in [-0.4, -0.2) is 20.7 Å². The molecule has 146 valence electrons. The SMILES string of the molecule is O=C(NCc1cnn(-c2ccc(Br)cc2)c1)c1cccc(NCc2cncs2)c1. The molecule has 2 aromatic heterocycles. The molecule has 0 aliphatic carbocycles. The molecule has 2 heterocycles. The van der Waals surface area contributed by atoms with Gasteiger partial charge in [-0.3, -0.25) is 9.78 Å². The number of carbonyl (C=O) groups is 1. The third-order valence-electron chi connectivity index (χ3n) is 4.26. The molecule has 0 spiro atoms. The normalized spacial score (nSPS) is 10.7. The monoisotopic (exact) mass is 467 g/mol. The van der Waals surface area contributed by atoms with Crippen LogP contribution in [0.15, 0.2) is 77.1 Å². The summed E-state index contributed by atoms with van der Waals surface area (Å²) in [7, 11) is 0. The van der Waals surface area contributed by atoms with Gasteiger partial charge in [0.15, 0.2) is 0 Å². The molecule has 0 bridgehead atoms. The van der Waals surface area contributed by atoms with Crippen LogP contribution in [0.1, 0.15) is 20.8 Å². The van der Waals surface area contributed by atoms with Crippen molar-refractivity contribution in [1.82, 2.24) is 20.1 Å². The quantitative estimate of drug-likeness (QED) is 0.415. The molecule has 1 amide bonds. The Morgan fingerprint density at radius 3 is 2.76 bits per heavy atom. The summed E-state index contributed by atoms with van der Waals surface area (Å²) in [4.78, 5) is 17.7. The van der Waals surface area contributed by atoms with E-state index in [0.717, 1.165) is 26.3 Å². The fraction of sp³-hybridized carbons (Fsp3) is 0.0952. The van der Waals surface area contributed by atoms with Crippen LogP contribution >= 0.6 is 27.3 Å². The van der Waals surface area contributed by atoms with Crippen molar-refractivity contribution in [3.05, 3.63) is 93.1 Å². The third kappa shape index (κ3) is 5.10. The first-order valence-electron chi connectivity index (χ1n) is 8.96. The van der Waals surface area contributed by atoms with E-state index >= 15 is 0 Å². The van der Waals surface area contributed by atoms with Gasteiger partial charge in [0.1, 0.15) is 0 Å². The molecule has 8 heteroatoms. The Hall–Kier alpha value is -2.97. The van der Waals surface area contributed by atoms with E-state index in [1.807, 2.05) is 54.9 Å². The van der Waals surface area contributed by atoms with Crippen molar-refractivity contribution in [2.24, 2.45) is 0 Å². The number of rotatable bonds is 7. The lowest BCUT2D eigenvalue weighted by atomic mass is 10.2. The maximum absolute atomic E-state index is 12.5. The first-order valence-corrected chi connectivity index (χ1v) is 10.6. The van der Waals surface area contributed by atoms with Crippen LogP contribution in [0.5, 0.6) is 0 Å². The number of nitrogens with one attached hydrogen (secondary N) is 2. The van der Waals surface area contributed by atoms with Crippen LogP contribution in [0.25, 0.3) is 5.69 Å². The Balaban J connectivity index is 1.35. The summed E-state index contributed by atoms with van der Waals surface area (Å²) in [5.74, 6) is -0.122. The second kappa shape index (κ2) is 9.02. The molecular formula is C21H18BrN5OS. The molecule has 0 fully saturated rings. The number of benzene rings is 2. The van der Waals surface area contributed by atoms with Gasteiger partial charge in [0.2, 0.25) is 0 Å². The molecule has 4 rings (SSSR count). The van der Waals surface area contributed by atoms with Gasteiger partial charge in [0.25, 0.3) is 5.91 Å². The third-order valence-corrected chi connectivity index (χ3v) is 5.56. The van der Waals surface area contributed by atoms with Gasteiger partial charge in [-0.15, -0.1) is 11.3 Å². The summed E-state index contributed by atoms with van der Waals surface area (Å²) < 4.78 is 2.81. The molecule has 29 heavy (non-hydrogen) atoms. The Morgan fingerprint density at radius 2 is 1.97 bits per heavy atom. The van der Waals surface area contributed by atoms with Crippen LogP contribution in [0, 0.1) is 0 Å². The zero-order valence-electron chi connectivity index (χ0n) is 15.4. The zero-order valence-corrected chi connectivity index (χ0v) is 17.8. The zero-order chi connectivity index (χ0) is 20.1. The molecule has 0 radical (unpaired) electrons. The molecule has 0 aliphatic heterocycles. The fourth-order valence-electron chi connectivity index (χ4n) is 2.76. The van der Waals surface area contributed by atoms with Crippen LogP contribution in [-0.2, 0) is 13.1 Å². The number of halogens is 1. The molecule has 6 nitrogen and oxygen atoms in total. The van der Waals surface area contributed by atoms with Gasteiger partial charge in [-0.1, -0.05) is 22.0 Å². The van der Waals surface area contributed by atoms with Gasteiger partial charge < -0.3 is 10.6 Å². The largest absolute Gasteiger partial charge is 0.380 e. The number of carbonyl (C=O) groups excluding carboxylic acids is 1. The van der Waals surface area contributed by atoms with Gasteiger partial charge in [0, 0.05) is 45.1 Å². The van der Waals surface area contributed by atoms with Crippen molar-refractivity contribution in [3.63, 3.8) is 0 Å². The first-order chi connectivity index (χ1) is 14.2. The summed E-state index contributed by atoms with van der Waals surface area (Å²) in [6.07, 6.45) is 5.51. The van der Waals surface area contributed by atoms with Crippen LogP contribution in [0.3, 0.4) is 0 Å². The van der Waals surface area contributed by atoms with Gasteiger partial charge in [-0.05, 0) is 42.5 Å². The smallest absolute Gasteiger partial charge is 0.251 e. The maximum atomic E-state index is 12.5. The Morgan fingerprint density at radius 1 is 1.10 bits per heavy atom. The van der Waals surface area contributed by atoms with Crippen molar-refractivity contribution in [1.29, 1.82) is 0 Å². The Bertz CT molecular complexity index is 1090. The maximum Gasteiger partial charge on any atom is 0.251 e. The van der Waals surface area contributed by atoms with Crippen molar-refractivity contribution >= 4 is 38.9 Å². The van der Waals surface area contributed by atoms with E-state index in [2.05, 4.69) is 36.6 Å². The number of anilines is 1. The highest BCUT2D eigenvalue weighted by Crippen LogP contribution is 2.15. The lowest BCUT2D eigenvalue weighted by Gasteiger charge is -2.08. The molecule has 2 aromatic carbocycles. The molecule has 0 atom stereocenters. The lowest BCUT2D eigenvalue weighted by Crippen LogP contribution is -2.22. The predicted octanol–water partition coefficient (Wildman–Crippen LogP) is 4.63. The molecule has 0 aliphatic rings. The molecule has 0 saturated carbocycles. The van der Waals surface area contributed by atoms with E-state index in [1.165, 1.54) is 0 Å². The highest BCUT2D eigenvalue weighted by atomic mass is 79.9. The number of nitrogens with zero attached hydrogens (tertiary/aromatic N) is 3. The summed E-state index contributed by atoms with van der Waals surface area (Å²) in [6.45, 7) is 1.10. The van der Waals surface area contributed by atoms with E-state index in [1.54, 1.807) is 33.8 Å². The minimum atomic E-state index is -0.122. The molecular weight excluding hydrogens is 450 g/mol. The number of hydrogen-bond donors (Lipinski definition) is 2. The fourth-order valence-corrected chi connectivity index (χ4v) is 3.56. The van der Waals surface area contributed by atoms with E-state index in [0.29, 0.717) is 18.7 Å². The summed E-state index contributed by atoms with van der Waals surface area (Å²) in [5.41, 5.74) is 5.21. The van der Waals surface area contributed by atoms with E-state index in [4.69, 9.17) is 0 Å². The topological polar surface area (TPSA) is 71.8 Å². The first kappa shape index (κ1) is 19.4. The molecule has 2 N–H and O–H groups in total. The van der Waals surface area contributed by atoms with Crippen molar-refractivity contribution in [2.45, 2.75) is 13.1 Å². The summed E-state index contributed by atoms with van der Waals surface area (Å²) in [5, 5.41) is 10.6. The van der Waals surface area contributed by atoms with Crippen LogP contribution < -0.4 is 10.6 Å². The summed E-state index contributed by atoms with van der Waals surface area (Å²) >= 11 is 5.02. The van der Waals surface area contributed by atoms with Gasteiger partial charge in [-0.2, -0.15) is 5.10 Å². The second-order valence-corrected chi connectivity index (χ2v) is 8.24. The molecule has 0 unspecified atom stereocenters. The number of aromatic nitrogens is 3. The van der Waals surface area contributed by atoms with E-state index < -0.39 is 0 Å².